The average Bonchev–Trinajstić information content (AvgIpc) is 3.10. The van der Waals surface area contributed by atoms with Gasteiger partial charge in [-0.05, 0) is 90.6 Å². The van der Waals surface area contributed by atoms with Gasteiger partial charge in [0.15, 0.2) is 0 Å². The Morgan fingerprint density at radius 2 is 1.53 bits per heavy atom. The van der Waals surface area contributed by atoms with E-state index in [1.807, 2.05) is 78.9 Å². The van der Waals surface area contributed by atoms with Crippen LogP contribution in [-0.4, -0.2) is 48.4 Å². The molecule has 0 radical (unpaired) electrons. The molecule has 1 atom stereocenters. The number of alkyl carbamates (subject to hydrolysis) is 1. The highest BCUT2D eigenvalue weighted by molar-refractivity contribution is 6.10. The molecule has 9 nitrogen and oxygen atoms in total. The summed E-state index contributed by atoms with van der Waals surface area (Å²) in [5.74, 6) is 0.0620. The van der Waals surface area contributed by atoms with E-state index in [9.17, 15) is 19.5 Å². The van der Waals surface area contributed by atoms with Gasteiger partial charge >= 0.3 is 12.1 Å². The van der Waals surface area contributed by atoms with Crippen LogP contribution in [0.2, 0.25) is 0 Å². The number of benzene rings is 5. The number of phenols is 1. The van der Waals surface area contributed by atoms with Crippen LogP contribution in [0.4, 0.5) is 10.5 Å². The molecular weight excluding hydrogens is 644 g/mol. The fourth-order valence-corrected chi connectivity index (χ4v) is 5.99. The lowest BCUT2D eigenvalue weighted by atomic mass is 9.91. The monoisotopic (exact) mass is 690 g/mol. The number of nitrogens with one attached hydrogen (secondary N) is 2. The van der Waals surface area contributed by atoms with E-state index in [1.54, 1.807) is 40.0 Å². The van der Waals surface area contributed by atoms with Crippen molar-refractivity contribution in [3.63, 3.8) is 0 Å². The van der Waals surface area contributed by atoms with Gasteiger partial charge in [-0.1, -0.05) is 80.1 Å². The lowest BCUT2D eigenvalue weighted by Gasteiger charge is -2.23. The number of carbonyl (C=O) groups excluding carboxylic acids is 3. The summed E-state index contributed by atoms with van der Waals surface area (Å²) in [6.45, 7) is 7.79. The van der Waals surface area contributed by atoms with Crippen molar-refractivity contribution in [2.24, 2.45) is 0 Å². The molecule has 2 amide bonds. The van der Waals surface area contributed by atoms with E-state index < -0.39 is 23.6 Å². The Morgan fingerprint density at radius 3 is 2.25 bits per heavy atom. The van der Waals surface area contributed by atoms with Gasteiger partial charge in [-0.15, -0.1) is 0 Å². The Kier molecular flexibility index (Phi) is 11.8. The summed E-state index contributed by atoms with van der Waals surface area (Å²) in [6.07, 6.45) is 2.25. The first-order valence-electron chi connectivity index (χ1n) is 17.3. The second-order valence-electron chi connectivity index (χ2n) is 13.5. The number of fused-ring (bicyclic) bond motifs is 2. The Hall–Kier alpha value is -5.57. The van der Waals surface area contributed by atoms with Gasteiger partial charge in [-0.25, -0.2) is 4.79 Å². The van der Waals surface area contributed by atoms with Crippen molar-refractivity contribution in [3.8, 4) is 22.6 Å². The lowest BCUT2D eigenvalue weighted by Crippen LogP contribution is -2.47. The third-order valence-electron chi connectivity index (χ3n) is 8.45. The summed E-state index contributed by atoms with van der Waals surface area (Å²) < 4.78 is 16.6. The third-order valence-corrected chi connectivity index (χ3v) is 8.45. The van der Waals surface area contributed by atoms with Gasteiger partial charge in [0.2, 0.25) is 5.91 Å². The molecule has 5 aromatic carbocycles. The second-order valence-corrected chi connectivity index (χ2v) is 13.5. The van der Waals surface area contributed by atoms with E-state index >= 15 is 0 Å². The maximum atomic E-state index is 13.6. The number of anilines is 1. The number of hydrogen-bond donors (Lipinski definition) is 3. The van der Waals surface area contributed by atoms with Gasteiger partial charge in [0.05, 0.1) is 13.7 Å². The van der Waals surface area contributed by atoms with Crippen LogP contribution in [0, 0.1) is 0 Å². The van der Waals surface area contributed by atoms with E-state index in [0.717, 1.165) is 45.5 Å². The maximum Gasteiger partial charge on any atom is 0.408 e. The Balaban J connectivity index is 1.44. The van der Waals surface area contributed by atoms with Crippen molar-refractivity contribution in [2.45, 2.75) is 71.4 Å². The van der Waals surface area contributed by atoms with E-state index in [-0.39, 0.29) is 18.1 Å². The highest BCUT2D eigenvalue weighted by Gasteiger charge is 2.25. The number of phenolic OH excluding ortho intramolecular Hbond substituents is 1. The van der Waals surface area contributed by atoms with Gasteiger partial charge in [-0.2, -0.15) is 0 Å². The van der Waals surface area contributed by atoms with Gasteiger partial charge in [-0.3, -0.25) is 9.59 Å². The van der Waals surface area contributed by atoms with Gasteiger partial charge in [0, 0.05) is 29.7 Å². The van der Waals surface area contributed by atoms with Crippen molar-refractivity contribution in [3.05, 3.63) is 102 Å². The van der Waals surface area contributed by atoms with Gasteiger partial charge in [0.25, 0.3) is 0 Å². The number of esters is 1. The summed E-state index contributed by atoms with van der Waals surface area (Å²) >= 11 is 0. The van der Waals surface area contributed by atoms with Crippen molar-refractivity contribution >= 4 is 45.2 Å². The largest absolute Gasteiger partial charge is 0.507 e. The molecule has 0 bridgehead atoms. The molecule has 0 aliphatic heterocycles. The summed E-state index contributed by atoms with van der Waals surface area (Å²) in [4.78, 5) is 38.5. The van der Waals surface area contributed by atoms with Crippen molar-refractivity contribution in [1.82, 2.24) is 5.32 Å². The van der Waals surface area contributed by atoms with E-state index in [2.05, 4.69) is 17.6 Å². The van der Waals surface area contributed by atoms with Crippen LogP contribution >= 0.6 is 0 Å². The molecule has 0 aliphatic rings. The molecule has 3 N–H and O–H groups in total. The molecule has 5 aromatic rings. The van der Waals surface area contributed by atoms with Crippen LogP contribution in [0.1, 0.15) is 58.1 Å². The smallest absolute Gasteiger partial charge is 0.408 e. The summed E-state index contributed by atoms with van der Waals surface area (Å²) in [6, 6.07) is 27.3. The van der Waals surface area contributed by atoms with E-state index in [1.165, 1.54) is 0 Å². The maximum absolute atomic E-state index is 13.6. The molecule has 0 aliphatic carbocycles. The van der Waals surface area contributed by atoms with Crippen molar-refractivity contribution < 1.29 is 33.7 Å². The third kappa shape index (κ3) is 9.57. The Bertz CT molecular complexity index is 2020. The zero-order valence-corrected chi connectivity index (χ0v) is 29.9. The lowest BCUT2D eigenvalue weighted by molar-refractivity contribution is -0.143. The van der Waals surface area contributed by atoms with E-state index in [0.29, 0.717) is 42.0 Å². The van der Waals surface area contributed by atoms with E-state index in [4.69, 9.17) is 14.2 Å². The minimum atomic E-state index is -0.895. The number of aromatic hydroxyl groups is 1. The SMILES string of the molecule is CCCCOC(=O)CCc1ccc2c(-c3c(OC)ccc4cc(NC(=O)[C@H](Cc5ccccc5)NC(=O)OC(C)(C)C)ccc34)c(O)ccc2c1. The predicted octanol–water partition coefficient (Wildman–Crippen LogP) is 8.72. The highest BCUT2D eigenvalue weighted by atomic mass is 16.6. The average molecular weight is 691 g/mol. The number of rotatable bonds is 13. The van der Waals surface area contributed by atoms with Crippen LogP contribution in [0.3, 0.4) is 0 Å². The summed E-state index contributed by atoms with van der Waals surface area (Å²) in [5.41, 5.74) is 3.00. The molecule has 0 saturated carbocycles. The quantitative estimate of drug-likeness (QED) is 0.0834. The minimum Gasteiger partial charge on any atom is -0.507 e. The number of methoxy groups -OCH3 is 1. The number of hydrogen-bond acceptors (Lipinski definition) is 7. The molecule has 0 aromatic heterocycles. The Labute approximate surface area is 298 Å². The first kappa shape index (κ1) is 36.7. The van der Waals surface area contributed by atoms with Crippen LogP contribution < -0.4 is 15.4 Å². The minimum absolute atomic E-state index is 0.0925. The highest BCUT2D eigenvalue weighted by Crippen LogP contribution is 2.45. The predicted molar refractivity (Wildman–Crippen MR) is 201 cm³/mol. The van der Waals surface area contributed by atoms with Gasteiger partial charge in [0.1, 0.15) is 23.1 Å². The topological polar surface area (TPSA) is 123 Å². The van der Waals surface area contributed by atoms with Crippen molar-refractivity contribution in [2.75, 3.05) is 19.0 Å². The molecular formula is C42H46N2O7. The normalized spacial score (nSPS) is 11.9. The number of carbonyl (C=O) groups is 3. The van der Waals surface area contributed by atoms with Crippen LogP contribution in [0.25, 0.3) is 32.7 Å². The molecule has 0 saturated heterocycles. The molecule has 266 valence electrons. The molecule has 5 rings (SSSR count). The standard InChI is InChI=1S/C42H46N2O7/c1-6-7-23-50-37(46)22-14-28-13-18-32-29(24-28)15-20-35(45)38(32)39-33-19-17-31(26-30(33)16-21-36(39)49-5)43-40(47)34(25-27-11-9-8-10-12-27)44-41(48)51-42(2,3)4/h8-13,15-21,24,26,34,45H,6-7,14,22-23,25H2,1-5H3,(H,43,47)(H,44,48)/t34-/m0/s1. The first-order valence-corrected chi connectivity index (χ1v) is 17.3. The van der Waals surface area contributed by atoms with Crippen LogP contribution in [0.15, 0.2) is 91.0 Å². The molecule has 0 unspecified atom stereocenters. The first-order chi connectivity index (χ1) is 24.5. The van der Waals surface area contributed by atoms with Crippen molar-refractivity contribution in [1.29, 1.82) is 0 Å². The van der Waals surface area contributed by atoms with Crippen LogP contribution in [-0.2, 0) is 31.9 Å². The number of amides is 2. The zero-order chi connectivity index (χ0) is 36.5. The molecule has 0 heterocycles. The van der Waals surface area contributed by atoms with Crippen LogP contribution in [0.5, 0.6) is 11.5 Å². The number of ether oxygens (including phenoxy) is 3. The number of unbranched alkanes of at least 4 members (excludes halogenated alkanes) is 1. The fourth-order valence-electron chi connectivity index (χ4n) is 5.99. The Morgan fingerprint density at radius 1 is 0.824 bits per heavy atom. The number of aryl methyl sites for hydroxylation is 1. The molecule has 9 heteroatoms. The summed E-state index contributed by atoms with van der Waals surface area (Å²) in [7, 11) is 1.59. The second kappa shape index (κ2) is 16.4. The zero-order valence-electron chi connectivity index (χ0n) is 29.9. The van der Waals surface area contributed by atoms with Gasteiger partial charge < -0.3 is 30.0 Å². The fraction of sp³-hybridized carbons (Fsp3) is 0.310. The molecule has 0 fully saturated rings. The molecule has 51 heavy (non-hydrogen) atoms. The summed E-state index contributed by atoms with van der Waals surface area (Å²) in [5, 5.41) is 20.3. The molecule has 0 spiro atoms.